The van der Waals surface area contributed by atoms with Crippen molar-refractivity contribution >= 4 is 10.9 Å². The molecule has 0 aliphatic heterocycles. The Labute approximate surface area is 168 Å². The van der Waals surface area contributed by atoms with Gasteiger partial charge in [0.05, 0.1) is 18.1 Å². The predicted molar refractivity (Wildman–Crippen MR) is 110 cm³/mol. The summed E-state index contributed by atoms with van der Waals surface area (Å²) >= 11 is 0. The molecule has 3 aromatic heterocycles. The van der Waals surface area contributed by atoms with Crippen molar-refractivity contribution in [1.82, 2.24) is 20.2 Å². The molecule has 0 unspecified atom stereocenters. The van der Waals surface area contributed by atoms with Gasteiger partial charge in [-0.3, -0.25) is 15.1 Å². The van der Waals surface area contributed by atoms with E-state index in [1.165, 1.54) is 6.07 Å². The summed E-state index contributed by atoms with van der Waals surface area (Å²) in [5.41, 5.74) is 11.3. The van der Waals surface area contributed by atoms with E-state index in [-0.39, 0.29) is 11.9 Å². The zero-order chi connectivity index (χ0) is 20.4. The van der Waals surface area contributed by atoms with Gasteiger partial charge in [0, 0.05) is 28.9 Å². The van der Waals surface area contributed by atoms with Crippen molar-refractivity contribution in [3.05, 3.63) is 71.6 Å². The van der Waals surface area contributed by atoms with Crippen LogP contribution in [-0.4, -0.2) is 32.8 Å². The fourth-order valence-electron chi connectivity index (χ4n) is 3.24. The molecule has 0 aliphatic rings. The summed E-state index contributed by atoms with van der Waals surface area (Å²) in [5, 5.41) is 8.19. The number of hydrogen-bond acceptors (Lipinski definition) is 5. The number of pyridine rings is 2. The number of hydrogen-bond donors (Lipinski definition) is 2. The molecular formula is C22H22FN5O. The molecule has 3 N–H and O–H groups in total. The third-order valence-electron chi connectivity index (χ3n) is 4.82. The molecule has 4 aromatic rings. The largest absolute Gasteiger partial charge is 0.490 e. The SMILES string of the molecule is Cc1cc(C[C@H](N)COc2cncc(-c3cc4c(C)[nH]nc4cn3)c2)ccc1F. The van der Waals surface area contributed by atoms with Crippen molar-refractivity contribution in [2.24, 2.45) is 5.73 Å². The van der Waals surface area contributed by atoms with E-state index in [4.69, 9.17) is 10.5 Å². The minimum absolute atomic E-state index is 0.209. The summed E-state index contributed by atoms with van der Waals surface area (Å²) in [6.45, 7) is 4.05. The summed E-state index contributed by atoms with van der Waals surface area (Å²) in [4.78, 5) is 8.73. The third kappa shape index (κ3) is 4.25. The number of nitrogens with zero attached hydrogens (tertiary/aromatic N) is 3. The van der Waals surface area contributed by atoms with Gasteiger partial charge < -0.3 is 10.5 Å². The van der Waals surface area contributed by atoms with E-state index in [9.17, 15) is 4.39 Å². The number of halogens is 1. The average molecular weight is 391 g/mol. The highest BCUT2D eigenvalue weighted by Crippen LogP contribution is 2.25. The minimum Gasteiger partial charge on any atom is -0.490 e. The summed E-state index contributed by atoms with van der Waals surface area (Å²) in [5.74, 6) is 0.415. The van der Waals surface area contributed by atoms with Gasteiger partial charge in [-0.1, -0.05) is 12.1 Å². The van der Waals surface area contributed by atoms with Crippen LogP contribution in [0.15, 0.2) is 48.9 Å². The topological polar surface area (TPSA) is 89.7 Å². The molecule has 0 saturated heterocycles. The number of benzene rings is 1. The molecule has 7 heteroatoms. The van der Waals surface area contributed by atoms with Gasteiger partial charge in [0.25, 0.3) is 0 Å². The molecule has 0 amide bonds. The first-order valence-electron chi connectivity index (χ1n) is 9.39. The molecular weight excluding hydrogens is 369 g/mol. The molecule has 0 radical (unpaired) electrons. The van der Waals surface area contributed by atoms with Crippen molar-refractivity contribution < 1.29 is 9.13 Å². The number of nitrogens with one attached hydrogen (secondary N) is 1. The van der Waals surface area contributed by atoms with Crippen molar-refractivity contribution in [1.29, 1.82) is 0 Å². The number of H-pyrrole nitrogens is 1. The summed E-state index contributed by atoms with van der Waals surface area (Å²) in [6, 6.07) is 8.70. The molecule has 0 spiro atoms. The van der Waals surface area contributed by atoms with E-state index in [2.05, 4.69) is 20.2 Å². The second-order valence-corrected chi connectivity index (χ2v) is 7.20. The smallest absolute Gasteiger partial charge is 0.138 e. The van der Waals surface area contributed by atoms with Crippen LogP contribution >= 0.6 is 0 Å². The predicted octanol–water partition coefficient (Wildman–Crippen LogP) is 3.72. The highest BCUT2D eigenvalue weighted by atomic mass is 19.1. The van der Waals surface area contributed by atoms with Gasteiger partial charge in [0.1, 0.15) is 23.7 Å². The van der Waals surface area contributed by atoms with Gasteiger partial charge >= 0.3 is 0 Å². The maximum atomic E-state index is 13.4. The van der Waals surface area contributed by atoms with Crippen molar-refractivity contribution in [2.75, 3.05) is 6.61 Å². The van der Waals surface area contributed by atoms with E-state index >= 15 is 0 Å². The van der Waals surface area contributed by atoms with Gasteiger partial charge in [0.2, 0.25) is 0 Å². The van der Waals surface area contributed by atoms with Gasteiger partial charge in [-0.2, -0.15) is 5.10 Å². The fraction of sp³-hybridized carbons (Fsp3) is 0.227. The van der Waals surface area contributed by atoms with Gasteiger partial charge in [0.15, 0.2) is 0 Å². The van der Waals surface area contributed by atoms with Gasteiger partial charge in [-0.25, -0.2) is 4.39 Å². The Balaban J connectivity index is 1.44. The van der Waals surface area contributed by atoms with E-state index in [0.29, 0.717) is 24.3 Å². The van der Waals surface area contributed by atoms with Crippen LogP contribution in [0, 0.1) is 19.7 Å². The Bertz CT molecular complexity index is 1160. The van der Waals surface area contributed by atoms with Crippen LogP contribution in [0.1, 0.15) is 16.8 Å². The van der Waals surface area contributed by atoms with Gasteiger partial charge in [-0.15, -0.1) is 0 Å². The average Bonchev–Trinajstić information content (AvgIpc) is 3.10. The monoisotopic (exact) mass is 391 g/mol. The first-order chi connectivity index (χ1) is 14.0. The molecule has 1 atom stereocenters. The van der Waals surface area contributed by atoms with Gasteiger partial charge in [-0.05, 0) is 49.6 Å². The second kappa shape index (κ2) is 7.97. The van der Waals surface area contributed by atoms with Crippen molar-refractivity contribution in [2.45, 2.75) is 26.3 Å². The zero-order valence-corrected chi connectivity index (χ0v) is 16.3. The first kappa shape index (κ1) is 19.0. The first-order valence-corrected chi connectivity index (χ1v) is 9.39. The number of fused-ring (bicyclic) bond motifs is 1. The number of aryl methyl sites for hydroxylation is 2. The quantitative estimate of drug-likeness (QED) is 0.523. The van der Waals surface area contributed by atoms with Crippen LogP contribution in [0.4, 0.5) is 4.39 Å². The Hall–Kier alpha value is -3.32. The Kier molecular flexibility index (Phi) is 5.22. The lowest BCUT2D eigenvalue weighted by Crippen LogP contribution is -2.30. The third-order valence-corrected chi connectivity index (χ3v) is 4.82. The Morgan fingerprint density at radius 3 is 2.83 bits per heavy atom. The zero-order valence-electron chi connectivity index (χ0n) is 16.3. The molecule has 0 aliphatic carbocycles. The lowest BCUT2D eigenvalue weighted by Gasteiger charge is -2.14. The van der Waals surface area contributed by atoms with E-state index < -0.39 is 0 Å². The molecule has 0 fully saturated rings. The van der Waals surface area contributed by atoms with E-state index in [0.717, 1.165) is 33.4 Å². The maximum absolute atomic E-state index is 13.4. The van der Waals surface area contributed by atoms with E-state index in [1.807, 2.05) is 25.1 Å². The number of aromatic amines is 1. The summed E-state index contributed by atoms with van der Waals surface area (Å²) in [7, 11) is 0. The lowest BCUT2D eigenvalue weighted by molar-refractivity contribution is 0.286. The number of nitrogens with two attached hydrogens (primary N) is 1. The highest BCUT2D eigenvalue weighted by molar-refractivity contribution is 5.84. The van der Waals surface area contributed by atoms with Crippen LogP contribution < -0.4 is 10.5 Å². The molecule has 1 aromatic carbocycles. The fourth-order valence-corrected chi connectivity index (χ4v) is 3.24. The Morgan fingerprint density at radius 2 is 2.00 bits per heavy atom. The molecule has 29 heavy (non-hydrogen) atoms. The van der Waals surface area contributed by atoms with Crippen LogP contribution in [0.25, 0.3) is 22.2 Å². The summed E-state index contributed by atoms with van der Waals surface area (Å²) in [6.07, 6.45) is 5.74. The number of aromatic nitrogens is 4. The molecule has 0 bridgehead atoms. The van der Waals surface area contributed by atoms with Crippen LogP contribution in [0.2, 0.25) is 0 Å². The normalized spacial score (nSPS) is 12.3. The van der Waals surface area contributed by atoms with Crippen LogP contribution in [0.3, 0.4) is 0 Å². The Morgan fingerprint density at radius 1 is 1.14 bits per heavy atom. The van der Waals surface area contributed by atoms with Crippen molar-refractivity contribution in [3.63, 3.8) is 0 Å². The summed E-state index contributed by atoms with van der Waals surface area (Å²) < 4.78 is 19.2. The lowest BCUT2D eigenvalue weighted by atomic mass is 10.0. The van der Waals surface area contributed by atoms with Crippen LogP contribution in [0.5, 0.6) is 5.75 Å². The molecule has 4 rings (SSSR count). The molecule has 6 nitrogen and oxygen atoms in total. The molecule has 0 saturated carbocycles. The molecule has 3 heterocycles. The minimum atomic E-state index is -0.216. The van der Waals surface area contributed by atoms with Crippen molar-refractivity contribution in [3.8, 4) is 17.0 Å². The van der Waals surface area contributed by atoms with Crippen LogP contribution in [-0.2, 0) is 6.42 Å². The molecule has 148 valence electrons. The second-order valence-electron chi connectivity index (χ2n) is 7.20. The standard InChI is InChI=1S/C22H22FN5O/c1-13-5-15(3-4-20(13)23)6-17(24)12-29-18-7-16(9-25-10-18)21-8-19-14(2)27-28-22(19)11-26-21/h3-5,7-11,17H,6,12,24H2,1-2H3,(H,27,28)/t17-/m0/s1. The highest BCUT2D eigenvalue weighted by Gasteiger charge is 2.10. The number of ether oxygens (including phenoxy) is 1. The number of rotatable bonds is 6. The van der Waals surface area contributed by atoms with E-state index in [1.54, 1.807) is 31.6 Å². The maximum Gasteiger partial charge on any atom is 0.138 e.